The first-order chi connectivity index (χ1) is 15.3. The van der Waals surface area contributed by atoms with Crippen molar-refractivity contribution >= 4 is 60.6 Å². The van der Waals surface area contributed by atoms with E-state index >= 15 is 0 Å². The number of aromatic nitrogens is 2. The monoisotopic (exact) mass is 488 g/mol. The first kappa shape index (κ1) is 22.2. The second-order valence-corrected chi connectivity index (χ2v) is 11.1. The van der Waals surface area contributed by atoms with Crippen LogP contribution < -0.4 is 10.0 Å². The van der Waals surface area contributed by atoms with Gasteiger partial charge in [0.2, 0.25) is 10.0 Å². The highest BCUT2D eigenvalue weighted by atomic mass is 32.3. The number of carbonyl (C=O) groups excluding carboxylic acids is 1. The van der Waals surface area contributed by atoms with Crippen LogP contribution in [0, 0.1) is 12.7 Å². The number of hydrogen-bond acceptors (Lipinski definition) is 7. The van der Waals surface area contributed by atoms with E-state index in [-0.39, 0.29) is 11.0 Å². The van der Waals surface area contributed by atoms with Gasteiger partial charge in [0, 0.05) is 29.3 Å². The quantitative estimate of drug-likeness (QED) is 0.360. The number of nitrogens with one attached hydrogen (secondary N) is 2. The predicted molar refractivity (Wildman–Crippen MR) is 126 cm³/mol. The summed E-state index contributed by atoms with van der Waals surface area (Å²) in [4.78, 5) is 20.9. The molecule has 0 aliphatic rings. The fourth-order valence-corrected chi connectivity index (χ4v) is 6.42. The number of carbonyl (C=O) groups is 1. The average Bonchev–Trinajstić information content (AvgIpc) is 3.16. The molecule has 4 aromatic rings. The number of rotatable bonds is 7. The second-order valence-electron chi connectivity index (χ2n) is 6.79. The molecule has 164 valence electrons. The predicted octanol–water partition coefficient (Wildman–Crippen LogP) is 4.88. The summed E-state index contributed by atoms with van der Waals surface area (Å²) < 4.78 is 41.4. The van der Waals surface area contributed by atoms with Crippen LogP contribution in [-0.2, 0) is 10.0 Å². The van der Waals surface area contributed by atoms with Crippen LogP contribution in [0.15, 0.2) is 65.3 Å². The van der Waals surface area contributed by atoms with Crippen molar-refractivity contribution in [2.75, 3.05) is 15.1 Å². The maximum absolute atomic E-state index is 13.0. The molecule has 0 aliphatic heterocycles. The van der Waals surface area contributed by atoms with Crippen molar-refractivity contribution in [3.05, 3.63) is 77.9 Å². The average molecular weight is 489 g/mol. The molecule has 2 aromatic heterocycles. The minimum absolute atomic E-state index is 0.235. The van der Waals surface area contributed by atoms with E-state index in [0.29, 0.717) is 26.8 Å². The maximum Gasteiger partial charge on any atom is 0.256 e. The number of aryl methyl sites for hydroxylation is 1. The van der Waals surface area contributed by atoms with Crippen molar-refractivity contribution in [2.24, 2.45) is 0 Å². The molecule has 0 saturated carbocycles. The summed E-state index contributed by atoms with van der Waals surface area (Å²) in [7, 11) is -3.65. The van der Waals surface area contributed by atoms with E-state index in [2.05, 4.69) is 20.0 Å². The summed E-state index contributed by atoms with van der Waals surface area (Å²) in [5.74, 6) is -0.676. The summed E-state index contributed by atoms with van der Waals surface area (Å²) >= 11 is 2.42. The number of thiazole rings is 1. The lowest BCUT2D eigenvalue weighted by Gasteiger charge is -2.07. The fraction of sp³-hybridized carbons (Fsp3) is 0.0952. The van der Waals surface area contributed by atoms with Crippen LogP contribution in [0.5, 0.6) is 0 Å². The van der Waals surface area contributed by atoms with Gasteiger partial charge in [0.25, 0.3) is 5.91 Å². The molecule has 0 saturated heterocycles. The molecular formula is C21H17FN4O3S3. The first-order valence-electron chi connectivity index (χ1n) is 9.30. The Kier molecular flexibility index (Phi) is 6.40. The summed E-state index contributed by atoms with van der Waals surface area (Å²) in [5.41, 5.74) is 2.93. The number of halogens is 1. The van der Waals surface area contributed by atoms with E-state index in [1.54, 1.807) is 36.7 Å². The van der Waals surface area contributed by atoms with Crippen molar-refractivity contribution in [1.29, 1.82) is 0 Å². The zero-order valence-electron chi connectivity index (χ0n) is 16.7. The SMILES string of the molecule is Cc1cnccc1C(=O)Nc1ccc2nc(SCS(=O)(=O)Nc3ccc(F)cc3)sc2c1. The molecule has 2 N–H and O–H groups in total. The van der Waals surface area contributed by atoms with Gasteiger partial charge < -0.3 is 5.32 Å². The van der Waals surface area contributed by atoms with E-state index in [1.807, 2.05) is 6.92 Å². The number of benzene rings is 2. The highest BCUT2D eigenvalue weighted by molar-refractivity contribution is 8.13. The lowest BCUT2D eigenvalue weighted by atomic mass is 10.1. The fourth-order valence-electron chi connectivity index (χ4n) is 2.82. The van der Waals surface area contributed by atoms with E-state index in [1.165, 1.54) is 35.6 Å². The van der Waals surface area contributed by atoms with Crippen LogP contribution in [0.4, 0.5) is 15.8 Å². The van der Waals surface area contributed by atoms with Gasteiger partial charge in [-0.05, 0) is 61.0 Å². The minimum Gasteiger partial charge on any atom is -0.322 e. The van der Waals surface area contributed by atoms with E-state index in [0.717, 1.165) is 22.0 Å². The largest absolute Gasteiger partial charge is 0.322 e. The van der Waals surface area contributed by atoms with Crippen LogP contribution >= 0.6 is 23.1 Å². The van der Waals surface area contributed by atoms with E-state index in [4.69, 9.17) is 0 Å². The molecule has 11 heteroatoms. The topological polar surface area (TPSA) is 101 Å². The Bertz CT molecular complexity index is 1390. The minimum atomic E-state index is -3.65. The smallest absolute Gasteiger partial charge is 0.256 e. The number of sulfonamides is 1. The molecule has 2 aromatic carbocycles. The third-order valence-electron chi connectivity index (χ3n) is 4.35. The van der Waals surface area contributed by atoms with Crippen LogP contribution in [-0.4, -0.2) is 29.4 Å². The number of anilines is 2. The summed E-state index contributed by atoms with van der Waals surface area (Å²) in [6, 6.07) is 12.1. The Morgan fingerprint density at radius 2 is 1.88 bits per heavy atom. The van der Waals surface area contributed by atoms with Crippen LogP contribution in [0.3, 0.4) is 0 Å². The highest BCUT2D eigenvalue weighted by Gasteiger charge is 2.15. The van der Waals surface area contributed by atoms with Crippen molar-refractivity contribution < 1.29 is 17.6 Å². The number of nitrogens with zero attached hydrogens (tertiary/aromatic N) is 2. The molecule has 0 atom stereocenters. The summed E-state index contributed by atoms with van der Waals surface area (Å²) in [5, 5.41) is 2.62. The van der Waals surface area contributed by atoms with Gasteiger partial charge in [0.05, 0.1) is 10.2 Å². The molecule has 2 heterocycles. The Morgan fingerprint density at radius 3 is 2.62 bits per heavy atom. The number of amides is 1. The molecule has 0 spiro atoms. The molecule has 1 amide bonds. The Labute approximate surface area is 192 Å². The first-order valence-corrected chi connectivity index (χ1v) is 12.8. The van der Waals surface area contributed by atoms with Gasteiger partial charge in [-0.15, -0.1) is 11.3 Å². The van der Waals surface area contributed by atoms with Crippen LogP contribution in [0.1, 0.15) is 15.9 Å². The molecule has 0 aliphatic carbocycles. The molecular weight excluding hydrogens is 471 g/mol. The van der Waals surface area contributed by atoms with Crippen molar-refractivity contribution in [1.82, 2.24) is 9.97 Å². The Balaban J connectivity index is 1.43. The lowest BCUT2D eigenvalue weighted by molar-refractivity contribution is 0.102. The zero-order valence-corrected chi connectivity index (χ0v) is 19.2. The third-order valence-corrected chi connectivity index (χ3v) is 8.36. The van der Waals surface area contributed by atoms with Crippen molar-refractivity contribution in [2.45, 2.75) is 11.3 Å². The number of fused-ring (bicyclic) bond motifs is 1. The number of hydrogen-bond donors (Lipinski definition) is 2. The van der Waals surface area contributed by atoms with Crippen molar-refractivity contribution in [3.8, 4) is 0 Å². The normalized spacial score (nSPS) is 11.4. The van der Waals surface area contributed by atoms with E-state index in [9.17, 15) is 17.6 Å². The molecule has 0 radical (unpaired) electrons. The van der Waals surface area contributed by atoms with Gasteiger partial charge in [-0.1, -0.05) is 11.8 Å². The molecule has 32 heavy (non-hydrogen) atoms. The van der Waals surface area contributed by atoms with Gasteiger partial charge in [0.1, 0.15) is 10.9 Å². The standard InChI is InChI=1S/C21H17FN4O3S3/c1-13-11-23-9-8-17(13)20(27)24-16-6-7-18-19(10-16)31-21(25-18)30-12-32(28,29)26-15-4-2-14(22)3-5-15/h2-11,26H,12H2,1H3,(H,24,27). The summed E-state index contributed by atoms with van der Waals surface area (Å²) in [6.07, 6.45) is 3.20. The molecule has 7 nitrogen and oxygen atoms in total. The zero-order chi connectivity index (χ0) is 22.7. The number of thioether (sulfide) groups is 1. The Hall–Kier alpha value is -3.02. The van der Waals surface area contributed by atoms with Gasteiger partial charge in [-0.3, -0.25) is 14.5 Å². The molecule has 0 fully saturated rings. The third kappa shape index (κ3) is 5.42. The van der Waals surface area contributed by atoms with E-state index < -0.39 is 15.8 Å². The molecule has 0 unspecified atom stereocenters. The molecule has 4 rings (SSSR count). The molecule has 0 bridgehead atoms. The Morgan fingerprint density at radius 1 is 1.12 bits per heavy atom. The van der Waals surface area contributed by atoms with Crippen LogP contribution in [0.2, 0.25) is 0 Å². The summed E-state index contributed by atoms with van der Waals surface area (Å²) in [6.45, 7) is 1.82. The lowest BCUT2D eigenvalue weighted by Crippen LogP contribution is -2.14. The van der Waals surface area contributed by atoms with Gasteiger partial charge in [0.15, 0.2) is 4.34 Å². The van der Waals surface area contributed by atoms with Crippen molar-refractivity contribution in [3.63, 3.8) is 0 Å². The van der Waals surface area contributed by atoms with Crippen LogP contribution in [0.25, 0.3) is 10.2 Å². The highest BCUT2D eigenvalue weighted by Crippen LogP contribution is 2.32. The number of pyridine rings is 1. The van der Waals surface area contributed by atoms with Gasteiger partial charge >= 0.3 is 0 Å². The maximum atomic E-state index is 13.0. The van der Waals surface area contributed by atoms with Gasteiger partial charge in [-0.2, -0.15) is 0 Å². The van der Waals surface area contributed by atoms with Gasteiger partial charge in [-0.25, -0.2) is 17.8 Å². The second kappa shape index (κ2) is 9.23.